The highest BCUT2D eigenvalue weighted by molar-refractivity contribution is 7.98. The highest BCUT2D eigenvalue weighted by Gasteiger charge is 2.15. The molecule has 152 valence electrons. The Kier molecular flexibility index (Phi) is 6.25. The molecule has 0 N–H and O–H groups in total. The molecule has 7 nitrogen and oxygen atoms in total. The van der Waals surface area contributed by atoms with E-state index in [1.807, 2.05) is 12.3 Å². The molecule has 1 aromatic heterocycles. The number of sulfone groups is 1. The van der Waals surface area contributed by atoms with Gasteiger partial charge in [-0.05, 0) is 42.7 Å². The Bertz CT molecular complexity index is 1270. The minimum Gasteiger partial charge on any atom is -0.468 e. The fourth-order valence-electron chi connectivity index (χ4n) is 2.62. The molecule has 0 atom stereocenters. The molecule has 0 spiro atoms. The van der Waals surface area contributed by atoms with Crippen LogP contribution in [-0.2, 0) is 25.9 Å². The number of aromatic nitrogens is 1. The third kappa shape index (κ3) is 4.77. The van der Waals surface area contributed by atoms with Gasteiger partial charge in [0.15, 0.2) is 14.6 Å². The summed E-state index contributed by atoms with van der Waals surface area (Å²) in [7, 11) is -2.12. The van der Waals surface area contributed by atoms with Crippen LogP contribution in [0.4, 0.5) is 0 Å². The highest BCUT2D eigenvalue weighted by Crippen LogP contribution is 2.22. The summed E-state index contributed by atoms with van der Waals surface area (Å²) in [5.41, 5.74) is 1.02. The van der Waals surface area contributed by atoms with Crippen molar-refractivity contribution in [2.75, 3.05) is 19.6 Å². The zero-order valence-corrected chi connectivity index (χ0v) is 18.4. The maximum Gasteiger partial charge on any atom is 0.325 e. The van der Waals surface area contributed by atoms with E-state index in [0.717, 1.165) is 22.5 Å². The van der Waals surface area contributed by atoms with Gasteiger partial charge in [-0.1, -0.05) is 17.4 Å². The van der Waals surface area contributed by atoms with Gasteiger partial charge in [0.05, 0.1) is 22.2 Å². The summed E-state index contributed by atoms with van der Waals surface area (Å²) in [4.78, 5) is 30.1. The lowest BCUT2D eigenvalue weighted by atomic mass is 10.2. The topological polar surface area (TPSA) is 94.8 Å². The fourth-order valence-corrected chi connectivity index (χ4v) is 4.87. The van der Waals surface area contributed by atoms with Gasteiger partial charge in [0.2, 0.25) is 0 Å². The number of amides is 1. The number of hydrogen-bond donors (Lipinski definition) is 0. The van der Waals surface area contributed by atoms with E-state index < -0.39 is 21.7 Å². The van der Waals surface area contributed by atoms with Gasteiger partial charge in [-0.2, -0.15) is 4.99 Å². The first-order valence-corrected chi connectivity index (χ1v) is 12.3. The molecule has 0 aliphatic carbocycles. The highest BCUT2D eigenvalue weighted by atomic mass is 32.2. The molecule has 1 heterocycles. The third-order valence-electron chi connectivity index (χ3n) is 4.11. The van der Waals surface area contributed by atoms with Crippen molar-refractivity contribution in [3.8, 4) is 0 Å². The lowest BCUT2D eigenvalue weighted by Crippen LogP contribution is -2.22. The molecule has 2 aromatic carbocycles. The number of thiazole rings is 1. The lowest BCUT2D eigenvalue weighted by molar-refractivity contribution is -0.141. The normalized spacial score (nSPS) is 12.3. The van der Waals surface area contributed by atoms with Crippen LogP contribution in [0.1, 0.15) is 10.4 Å². The lowest BCUT2D eigenvalue weighted by Gasteiger charge is -2.04. The molecule has 29 heavy (non-hydrogen) atoms. The number of fused-ring (bicyclic) bond motifs is 1. The summed E-state index contributed by atoms with van der Waals surface area (Å²) in [5, 5.41) is 0. The first kappa shape index (κ1) is 21.3. The minimum absolute atomic E-state index is 0.147. The van der Waals surface area contributed by atoms with Gasteiger partial charge in [-0.3, -0.25) is 9.59 Å². The van der Waals surface area contributed by atoms with Gasteiger partial charge in [-0.25, -0.2) is 8.42 Å². The van der Waals surface area contributed by atoms with E-state index in [2.05, 4.69) is 4.99 Å². The number of benzene rings is 2. The van der Waals surface area contributed by atoms with Crippen LogP contribution in [0.15, 0.2) is 57.2 Å². The SMILES string of the molecule is COC(=O)Cn1c(=NC(=O)c2cccc(SC)c2)sc2cc(S(C)(=O)=O)ccc21. The maximum atomic E-state index is 12.7. The number of rotatable bonds is 5. The Labute approximate surface area is 176 Å². The summed E-state index contributed by atoms with van der Waals surface area (Å²) in [6.45, 7) is -0.147. The molecule has 1 amide bonds. The second kappa shape index (κ2) is 8.52. The van der Waals surface area contributed by atoms with Crippen molar-refractivity contribution in [1.29, 1.82) is 0 Å². The van der Waals surface area contributed by atoms with Crippen LogP contribution in [0.25, 0.3) is 10.2 Å². The molecular weight excluding hydrogens is 432 g/mol. The number of thioether (sulfide) groups is 1. The standard InChI is InChI=1S/C19H18N2O5S3/c1-26-17(22)11-21-15-8-7-14(29(3,24)25)10-16(15)28-19(21)20-18(23)12-5-4-6-13(9-12)27-2/h4-10H,11H2,1-3H3. The Balaban J connectivity index is 2.18. The fraction of sp³-hybridized carbons (Fsp3) is 0.211. The van der Waals surface area contributed by atoms with Gasteiger partial charge in [0.25, 0.3) is 5.91 Å². The van der Waals surface area contributed by atoms with E-state index in [1.165, 1.54) is 31.0 Å². The molecule has 3 rings (SSSR count). The Hall–Kier alpha value is -2.43. The third-order valence-corrected chi connectivity index (χ3v) is 6.99. The van der Waals surface area contributed by atoms with E-state index in [4.69, 9.17) is 4.74 Å². The van der Waals surface area contributed by atoms with Crippen LogP contribution >= 0.6 is 23.1 Å². The van der Waals surface area contributed by atoms with E-state index in [0.29, 0.717) is 15.8 Å². The average molecular weight is 451 g/mol. The van der Waals surface area contributed by atoms with Gasteiger partial charge < -0.3 is 9.30 Å². The Morgan fingerprint density at radius 3 is 2.62 bits per heavy atom. The molecule has 10 heteroatoms. The summed E-state index contributed by atoms with van der Waals surface area (Å²) in [5.74, 6) is -0.954. The smallest absolute Gasteiger partial charge is 0.325 e. The second-order valence-corrected chi connectivity index (χ2v) is 10.0. The minimum atomic E-state index is -3.39. The first-order chi connectivity index (χ1) is 13.7. The molecule has 0 saturated carbocycles. The number of nitrogens with zero attached hydrogens (tertiary/aromatic N) is 2. The van der Waals surface area contributed by atoms with Crippen molar-refractivity contribution in [1.82, 2.24) is 4.57 Å². The van der Waals surface area contributed by atoms with E-state index >= 15 is 0 Å². The van der Waals surface area contributed by atoms with Crippen molar-refractivity contribution in [3.63, 3.8) is 0 Å². The largest absolute Gasteiger partial charge is 0.468 e. The summed E-state index contributed by atoms with van der Waals surface area (Å²) >= 11 is 2.65. The van der Waals surface area contributed by atoms with Crippen molar-refractivity contribution in [2.45, 2.75) is 16.3 Å². The second-order valence-electron chi connectivity index (χ2n) is 6.10. The zero-order chi connectivity index (χ0) is 21.2. The number of carbonyl (C=O) groups is 2. The summed E-state index contributed by atoms with van der Waals surface area (Å²) in [6, 6.07) is 11.7. The molecular formula is C19H18N2O5S3. The number of methoxy groups -OCH3 is 1. The average Bonchev–Trinajstić information content (AvgIpc) is 3.03. The van der Waals surface area contributed by atoms with Gasteiger partial charge in [0.1, 0.15) is 6.54 Å². The van der Waals surface area contributed by atoms with Crippen LogP contribution in [-0.4, -0.2) is 44.5 Å². The summed E-state index contributed by atoms with van der Waals surface area (Å²) < 4.78 is 30.6. The van der Waals surface area contributed by atoms with Crippen molar-refractivity contribution >= 4 is 55.0 Å². The first-order valence-electron chi connectivity index (χ1n) is 8.36. The molecule has 0 fully saturated rings. The molecule has 0 unspecified atom stereocenters. The summed E-state index contributed by atoms with van der Waals surface area (Å²) in [6.07, 6.45) is 3.04. The van der Waals surface area contributed by atoms with Gasteiger partial charge >= 0.3 is 5.97 Å². The molecule has 0 aliphatic heterocycles. The van der Waals surface area contributed by atoms with Crippen molar-refractivity contribution in [2.24, 2.45) is 4.99 Å². The maximum absolute atomic E-state index is 12.7. The van der Waals surface area contributed by atoms with Gasteiger partial charge in [-0.15, -0.1) is 11.8 Å². The van der Waals surface area contributed by atoms with Crippen LogP contribution in [0.5, 0.6) is 0 Å². The quantitative estimate of drug-likeness (QED) is 0.438. The van der Waals surface area contributed by atoms with E-state index in [-0.39, 0.29) is 16.2 Å². The predicted molar refractivity (Wildman–Crippen MR) is 113 cm³/mol. The predicted octanol–water partition coefficient (Wildman–Crippen LogP) is 2.74. The Morgan fingerprint density at radius 1 is 1.21 bits per heavy atom. The van der Waals surface area contributed by atoms with E-state index in [1.54, 1.807) is 28.8 Å². The van der Waals surface area contributed by atoms with Crippen LogP contribution in [0, 0.1) is 0 Å². The van der Waals surface area contributed by atoms with Crippen molar-refractivity contribution in [3.05, 3.63) is 52.8 Å². The number of carbonyl (C=O) groups excluding carboxylic acids is 2. The van der Waals surface area contributed by atoms with Crippen molar-refractivity contribution < 1.29 is 22.7 Å². The number of esters is 1. The van der Waals surface area contributed by atoms with Crippen LogP contribution in [0.2, 0.25) is 0 Å². The molecule has 0 aliphatic rings. The monoisotopic (exact) mass is 450 g/mol. The zero-order valence-electron chi connectivity index (χ0n) is 15.9. The molecule has 0 radical (unpaired) electrons. The Morgan fingerprint density at radius 2 is 1.97 bits per heavy atom. The molecule has 0 saturated heterocycles. The van der Waals surface area contributed by atoms with Crippen LogP contribution < -0.4 is 4.80 Å². The van der Waals surface area contributed by atoms with Crippen LogP contribution in [0.3, 0.4) is 0 Å². The van der Waals surface area contributed by atoms with Gasteiger partial charge in [0, 0.05) is 16.7 Å². The molecule has 3 aromatic rings. The number of ether oxygens (including phenoxy) is 1. The van der Waals surface area contributed by atoms with E-state index in [9.17, 15) is 18.0 Å². The molecule has 0 bridgehead atoms. The number of hydrogen-bond acceptors (Lipinski definition) is 7.